The van der Waals surface area contributed by atoms with Gasteiger partial charge in [-0.1, -0.05) is 39.8 Å². The molecule has 1 amide bonds. The Morgan fingerprint density at radius 1 is 1.11 bits per heavy atom. The van der Waals surface area contributed by atoms with Crippen LogP contribution in [0, 0.1) is 11.3 Å². The van der Waals surface area contributed by atoms with Gasteiger partial charge in [0.15, 0.2) is 8.32 Å². The number of allylic oxidation sites excluding steroid dienone is 1. The van der Waals surface area contributed by atoms with Crippen LogP contribution in [0.5, 0.6) is 0 Å². The van der Waals surface area contributed by atoms with Crippen molar-refractivity contribution in [2.45, 2.75) is 134 Å². The van der Waals surface area contributed by atoms with Crippen LogP contribution in [0.3, 0.4) is 0 Å². The number of hydrogen-bond acceptors (Lipinski definition) is 4. The fourth-order valence-corrected chi connectivity index (χ4v) is 8.80. The van der Waals surface area contributed by atoms with Gasteiger partial charge in [0.05, 0.1) is 11.7 Å². The molecule has 5 rings (SSSR count). The molecule has 0 aromatic rings. The van der Waals surface area contributed by atoms with Crippen molar-refractivity contribution in [3.8, 4) is 0 Å². The number of carbonyl (C=O) groups is 1. The Hall–Kier alpha value is -1.37. The number of ether oxygens (including phenoxy) is 2. The van der Waals surface area contributed by atoms with Crippen LogP contribution in [0.4, 0.5) is 4.79 Å². The predicted octanol–water partition coefficient (Wildman–Crippen LogP) is 7.55. The van der Waals surface area contributed by atoms with Gasteiger partial charge in [0, 0.05) is 12.1 Å². The summed E-state index contributed by atoms with van der Waals surface area (Å²) in [5, 5.41) is 3.21. The van der Waals surface area contributed by atoms with E-state index in [-0.39, 0.29) is 16.1 Å². The number of amides is 1. The molecule has 5 atom stereocenters. The molecule has 2 spiro atoms. The lowest BCUT2D eigenvalue weighted by atomic mass is 9.58. The molecule has 2 bridgehead atoms. The SMILES string of the molecule is CC(C)(C)OC(=O)NC1=C[C@@]23CC[C@@]4(O2)C(=CC3=CC1)CC[C@]1(C)C(O[Si](C)(C)C(C)(C)C)CC[C@@H]41. The lowest BCUT2D eigenvalue weighted by Gasteiger charge is -2.55. The predicted molar refractivity (Wildman–Crippen MR) is 146 cm³/mol. The van der Waals surface area contributed by atoms with E-state index in [4.69, 9.17) is 13.9 Å². The first-order chi connectivity index (χ1) is 16.5. The lowest BCUT2D eigenvalue weighted by molar-refractivity contribution is -0.132. The molecule has 2 aliphatic heterocycles. The molecule has 3 aliphatic carbocycles. The second-order valence-electron chi connectivity index (χ2n) is 14.7. The van der Waals surface area contributed by atoms with Gasteiger partial charge in [-0.3, -0.25) is 5.32 Å². The smallest absolute Gasteiger partial charge is 0.411 e. The summed E-state index contributed by atoms with van der Waals surface area (Å²) in [6.45, 7) is 19.9. The average molecular weight is 514 g/mol. The molecule has 1 unspecified atom stereocenters. The highest BCUT2D eigenvalue weighted by molar-refractivity contribution is 6.74. The molecule has 36 heavy (non-hydrogen) atoms. The highest BCUT2D eigenvalue weighted by atomic mass is 28.4. The minimum Gasteiger partial charge on any atom is -0.444 e. The van der Waals surface area contributed by atoms with E-state index in [0.717, 1.165) is 37.8 Å². The summed E-state index contributed by atoms with van der Waals surface area (Å²) in [5.74, 6) is 0.471. The maximum atomic E-state index is 12.5. The van der Waals surface area contributed by atoms with Gasteiger partial charge >= 0.3 is 6.09 Å². The molecule has 200 valence electrons. The Balaban J connectivity index is 1.41. The standard InChI is InChI=1S/C30H47NO4Si/c1-26(2,3)33-25(32)31-22-11-10-20-18-21-14-15-28(7)23(30(21)17-16-29(20,19-22)35-30)12-13-24(28)34-36(8,9)27(4,5)6/h10,18-19,23-24H,11-17H2,1-9H3,(H,31,32)/t23-,24?,28+,29-,30-/m1/s1. The fourth-order valence-electron chi connectivity index (χ4n) is 7.34. The number of nitrogens with one attached hydrogen (secondary N) is 1. The maximum absolute atomic E-state index is 12.5. The van der Waals surface area contributed by atoms with Crippen molar-refractivity contribution < 1.29 is 18.7 Å². The van der Waals surface area contributed by atoms with Gasteiger partial charge in [0.2, 0.25) is 0 Å². The third kappa shape index (κ3) is 4.06. The monoisotopic (exact) mass is 513 g/mol. The Morgan fingerprint density at radius 2 is 1.83 bits per heavy atom. The number of rotatable bonds is 3. The van der Waals surface area contributed by atoms with Crippen LogP contribution in [-0.4, -0.2) is 37.3 Å². The first kappa shape index (κ1) is 26.2. The molecule has 0 aromatic carbocycles. The van der Waals surface area contributed by atoms with Crippen molar-refractivity contribution >= 4 is 14.4 Å². The first-order valence-corrected chi connectivity index (χ1v) is 16.9. The van der Waals surface area contributed by atoms with Gasteiger partial charge in [-0.25, -0.2) is 4.79 Å². The number of hydrogen-bond donors (Lipinski definition) is 1. The average Bonchev–Trinajstić information content (AvgIpc) is 3.20. The van der Waals surface area contributed by atoms with Gasteiger partial charge in [-0.2, -0.15) is 0 Å². The summed E-state index contributed by atoms with van der Waals surface area (Å²) < 4.78 is 19.9. The quantitative estimate of drug-likeness (QED) is 0.396. The van der Waals surface area contributed by atoms with Gasteiger partial charge < -0.3 is 13.9 Å². The van der Waals surface area contributed by atoms with Gasteiger partial charge in [-0.15, -0.1) is 0 Å². The Bertz CT molecular complexity index is 1040. The van der Waals surface area contributed by atoms with Crippen LogP contribution in [0.1, 0.15) is 93.4 Å². The second kappa shape index (κ2) is 8.06. The van der Waals surface area contributed by atoms with Crippen molar-refractivity contribution in [1.82, 2.24) is 5.32 Å². The molecule has 1 N–H and O–H groups in total. The third-order valence-corrected chi connectivity index (χ3v) is 14.7. The summed E-state index contributed by atoms with van der Waals surface area (Å²) in [5.41, 5.74) is 2.61. The molecule has 5 nitrogen and oxygen atoms in total. The lowest BCUT2D eigenvalue weighted by Crippen LogP contribution is -2.56. The van der Waals surface area contributed by atoms with E-state index in [1.165, 1.54) is 17.6 Å². The van der Waals surface area contributed by atoms with E-state index in [2.05, 4.69) is 64.3 Å². The zero-order valence-corrected chi connectivity index (χ0v) is 25.0. The Labute approximate surface area is 219 Å². The first-order valence-electron chi connectivity index (χ1n) is 14.0. The minimum atomic E-state index is -1.86. The zero-order valence-electron chi connectivity index (χ0n) is 24.0. The van der Waals surface area contributed by atoms with Crippen LogP contribution >= 0.6 is 0 Å². The van der Waals surface area contributed by atoms with Crippen molar-refractivity contribution in [1.29, 1.82) is 0 Å². The molecule has 6 heteroatoms. The van der Waals surface area contributed by atoms with E-state index < -0.39 is 25.6 Å². The van der Waals surface area contributed by atoms with Gasteiger partial charge in [0.25, 0.3) is 0 Å². The highest BCUT2D eigenvalue weighted by Crippen LogP contribution is 2.67. The topological polar surface area (TPSA) is 56.8 Å². The molecular weight excluding hydrogens is 466 g/mol. The second-order valence-corrected chi connectivity index (χ2v) is 19.5. The van der Waals surface area contributed by atoms with Crippen molar-refractivity contribution in [3.05, 3.63) is 35.1 Å². The Kier molecular flexibility index (Phi) is 5.88. The largest absolute Gasteiger partial charge is 0.444 e. The minimum absolute atomic E-state index is 0.135. The number of fused-ring (bicyclic) bond motifs is 1. The van der Waals surface area contributed by atoms with Gasteiger partial charge in [-0.05, 0) is 106 Å². The van der Waals surface area contributed by atoms with E-state index >= 15 is 0 Å². The molecule has 0 radical (unpaired) electrons. The summed E-state index contributed by atoms with van der Waals surface area (Å²) in [6.07, 6.45) is 14.0. The van der Waals surface area contributed by atoms with Crippen LogP contribution in [0.25, 0.3) is 0 Å². The zero-order chi connectivity index (χ0) is 26.4. The summed E-state index contributed by atoms with van der Waals surface area (Å²) in [4.78, 5) is 12.5. The molecular formula is C30H47NO4Si. The third-order valence-electron chi connectivity index (χ3n) is 10.2. The summed E-state index contributed by atoms with van der Waals surface area (Å²) in [7, 11) is -1.86. The molecule has 2 saturated carbocycles. The van der Waals surface area contributed by atoms with Crippen molar-refractivity contribution in [2.24, 2.45) is 11.3 Å². The molecule has 1 saturated heterocycles. The van der Waals surface area contributed by atoms with Crippen molar-refractivity contribution in [3.63, 3.8) is 0 Å². The van der Waals surface area contributed by atoms with E-state index in [1.807, 2.05) is 20.8 Å². The van der Waals surface area contributed by atoms with Crippen LogP contribution < -0.4 is 5.32 Å². The highest BCUT2D eigenvalue weighted by Gasteiger charge is 2.67. The number of alkyl carbamates (subject to hydrolysis) is 1. The van der Waals surface area contributed by atoms with E-state index in [1.54, 1.807) is 0 Å². The number of carbonyl (C=O) groups excluding carboxylic acids is 1. The Morgan fingerprint density at radius 3 is 2.50 bits per heavy atom. The summed E-state index contributed by atoms with van der Waals surface area (Å²) >= 11 is 0. The molecule has 5 aliphatic rings. The molecule has 3 fully saturated rings. The molecule has 0 aromatic heterocycles. The molecule has 2 heterocycles. The van der Waals surface area contributed by atoms with Crippen LogP contribution in [0.2, 0.25) is 18.1 Å². The summed E-state index contributed by atoms with van der Waals surface area (Å²) in [6, 6.07) is 0. The van der Waals surface area contributed by atoms with Crippen molar-refractivity contribution in [2.75, 3.05) is 0 Å². The van der Waals surface area contributed by atoms with E-state index in [0.29, 0.717) is 18.4 Å². The normalized spacial score (nSPS) is 37.8. The fraction of sp³-hybridized carbons (Fsp3) is 0.767. The maximum Gasteiger partial charge on any atom is 0.411 e. The van der Waals surface area contributed by atoms with E-state index in [9.17, 15) is 4.79 Å². The van der Waals surface area contributed by atoms with Crippen LogP contribution in [0.15, 0.2) is 35.1 Å². The van der Waals surface area contributed by atoms with Crippen LogP contribution in [-0.2, 0) is 13.9 Å². The van der Waals surface area contributed by atoms with Gasteiger partial charge in [0.1, 0.15) is 11.2 Å².